The molecule has 0 aromatic heterocycles. The van der Waals surface area contributed by atoms with Crippen LogP contribution >= 0.6 is 0 Å². The zero-order chi connectivity index (χ0) is 19.8. The number of hydrogen-bond donors (Lipinski definition) is 5. The average Bonchev–Trinajstić information content (AvgIpc) is 2.67. The molecule has 0 spiro atoms. The summed E-state index contributed by atoms with van der Waals surface area (Å²) < 4.78 is 5.02. The summed E-state index contributed by atoms with van der Waals surface area (Å²) in [4.78, 5) is 23.4. The summed E-state index contributed by atoms with van der Waals surface area (Å²) >= 11 is 0. The van der Waals surface area contributed by atoms with Gasteiger partial charge in [0, 0.05) is 17.5 Å². The minimum Gasteiger partial charge on any atom is -0.507 e. The van der Waals surface area contributed by atoms with Crippen LogP contribution in [0.2, 0.25) is 0 Å². The van der Waals surface area contributed by atoms with Gasteiger partial charge in [-0.25, -0.2) is 9.59 Å². The first-order chi connectivity index (χ1) is 12.9. The SMILES string of the molecule is O=C(N[C@@H](Cc1cc(CO)c(O)c(CO)c1)C(=O)O)OCc1ccccc1. The molecule has 0 aliphatic carbocycles. The van der Waals surface area contributed by atoms with E-state index in [0.29, 0.717) is 5.56 Å². The number of carboxylic acid groups (broad SMARTS) is 1. The predicted octanol–water partition coefficient (Wildman–Crippen LogP) is 1.30. The molecule has 0 fully saturated rings. The number of aliphatic hydroxyl groups is 2. The lowest BCUT2D eigenvalue weighted by Gasteiger charge is -2.16. The van der Waals surface area contributed by atoms with Crippen molar-refractivity contribution in [1.82, 2.24) is 5.32 Å². The molecule has 2 aromatic rings. The van der Waals surface area contributed by atoms with Crippen LogP contribution in [0.15, 0.2) is 42.5 Å². The number of aliphatic hydroxyl groups excluding tert-OH is 2. The number of carbonyl (C=O) groups excluding carboxylic acids is 1. The number of carbonyl (C=O) groups is 2. The molecule has 27 heavy (non-hydrogen) atoms. The first-order valence-electron chi connectivity index (χ1n) is 8.20. The largest absolute Gasteiger partial charge is 0.507 e. The van der Waals surface area contributed by atoms with Gasteiger partial charge in [-0.05, 0) is 23.3 Å². The Balaban J connectivity index is 2.05. The monoisotopic (exact) mass is 375 g/mol. The van der Waals surface area contributed by atoms with Gasteiger partial charge in [-0.3, -0.25) is 0 Å². The molecule has 0 radical (unpaired) electrons. The number of ether oxygens (including phenoxy) is 1. The van der Waals surface area contributed by atoms with E-state index in [1.807, 2.05) is 6.07 Å². The van der Waals surface area contributed by atoms with Crippen molar-refractivity contribution in [2.45, 2.75) is 32.3 Å². The number of phenols is 1. The van der Waals surface area contributed by atoms with Gasteiger partial charge in [0.1, 0.15) is 18.4 Å². The Morgan fingerprint density at radius 1 is 1.00 bits per heavy atom. The second-order valence-electron chi connectivity index (χ2n) is 5.88. The second-order valence-corrected chi connectivity index (χ2v) is 5.88. The lowest BCUT2D eigenvalue weighted by Crippen LogP contribution is -2.42. The number of hydrogen-bond acceptors (Lipinski definition) is 6. The standard InChI is InChI=1S/C19H21NO7/c21-9-14-6-13(7-15(10-22)17(14)23)8-16(18(24)25)20-19(26)27-11-12-4-2-1-3-5-12/h1-7,16,21-23H,8-11H2,(H,20,26)(H,24,25)/t16-/m0/s1. The highest BCUT2D eigenvalue weighted by molar-refractivity contribution is 5.80. The first-order valence-corrected chi connectivity index (χ1v) is 8.20. The van der Waals surface area contributed by atoms with Gasteiger partial charge in [-0.2, -0.15) is 0 Å². The molecule has 8 nitrogen and oxygen atoms in total. The lowest BCUT2D eigenvalue weighted by molar-refractivity contribution is -0.139. The van der Waals surface area contributed by atoms with Gasteiger partial charge in [0.2, 0.25) is 0 Å². The Morgan fingerprint density at radius 2 is 1.59 bits per heavy atom. The highest BCUT2D eigenvalue weighted by Gasteiger charge is 2.22. The van der Waals surface area contributed by atoms with Crippen LogP contribution in [0.3, 0.4) is 0 Å². The molecular weight excluding hydrogens is 354 g/mol. The van der Waals surface area contributed by atoms with Gasteiger partial charge >= 0.3 is 12.1 Å². The molecule has 0 aliphatic rings. The molecule has 1 amide bonds. The minimum absolute atomic E-state index is 0.00153. The van der Waals surface area contributed by atoms with E-state index in [-0.39, 0.29) is 29.9 Å². The van der Waals surface area contributed by atoms with Crippen LogP contribution < -0.4 is 5.32 Å². The van der Waals surface area contributed by atoms with Gasteiger partial charge in [0.15, 0.2) is 0 Å². The third-order valence-corrected chi connectivity index (χ3v) is 3.91. The molecule has 0 heterocycles. The molecule has 0 saturated carbocycles. The van der Waals surface area contributed by atoms with Crippen molar-refractivity contribution in [3.05, 3.63) is 64.7 Å². The van der Waals surface area contributed by atoms with E-state index in [1.165, 1.54) is 12.1 Å². The number of amides is 1. The Bertz CT molecular complexity index is 767. The predicted molar refractivity (Wildman–Crippen MR) is 94.8 cm³/mol. The van der Waals surface area contributed by atoms with Crippen molar-refractivity contribution in [3.8, 4) is 5.75 Å². The third-order valence-electron chi connectivity index (χ3n) is 3.91. The quantitative estimate of drug-likeness (QED) is 0.469. The molecule has 0 saturated heterocycles. The summed E-state index contributed by atoms with van der Waals surface area (Å²) in [6, 6.07) is 10.5. The highest BCUT2D eigenvalue weighted by atomic mass is 16.5. The molecule has 1 atom stereocenters. The number of rotatable bonds is 8. The van der Waals surface area contributed by atoms with Gasteiger partial charge in [-0.15, -0.1) is 0 Å². The number of carboxylic acids is 1. The Morgan fingerprint density at radius 3 is 2.11 bits per heavy atom. The fourth-order valence-corrected chi connectivity index (χ4v) is 2.53. The van der Waals surface area contributed by atoms with Crippen LogP contribution in [0.1, 0.15) is 22.3 Å². The third kappa shape index (κ3) is 5.70. The van der Waals surface area contributed by atoms with Gasteiger partial charge in [0.25, 0.3) is 0 Å². The molecular formula is C19H21NO7. The van der Waals surface area contributed by atoms with Gasteiger partial charge in [0.05, 0.1) is 13.2 Å². The molecule has 5 N–H and O–H groups in total. The molecule has 0 aliphatic heterocycles. The van der Waals surface area contributed by atoms with E-state index in [4.69, 9.17) is 4.74 Å². The maximum atomic E-state index is 11.9. The van der Waals surface area contributed by atoms with Crippen molar-refractivity contribution >= 4 is 12.1 Å². The first kappa shape index (κ1) is 20.2. The maximum Gasteiger partial charge on any atom is 0.408 e. The normalized spacial score (nSPS) is 11.6. The Kier molecular flexibility index (Phi) is 7.16. The minimum atomic E-state index is -1.28. The van der Waals surface area contributed by atoms with Crippen LogP contribution in [-0.2, 0) is 35.8 Å². The summed E-state index contributed by atoms with van der Waals surface area (Å²) in [7, 11) is 0. The van der Waals surface area contributed by atoms with E-state index < -0.39 is 31.3 Å². The van der Waals surface area contributed by atoms with Crippen molar-refractivity contribution in [1.29, 1.82) is 0 Å². The van der Waals surface area contributed by atoms with Crippen LogP contribution in [-0.4, -0.2) is 38.5 Å². The molecule has 2 rings (SSSR count). The van der Waals surface area contributed by atoms with Crippen LogP contribution in [0, 0.1) is 0 Å². The summed E-state index contributed by atoms with van der Waals surface area (Å²) in [6.07, 6.45) is -0.995. The Hall–Kier alpha value is -3.10. The van der Waals surface area contributed by atoms with Crippen LogP contribution in [0.4, 0.5) is 4.79 Å². The van der Waals surface area contributed by atoms with E-state index in [0.717, 1.165) is 5.56 Å². The molecule has 2 aromatic carbocycles. The van der Waals surface area contributed by atoms with Crippen molar-refractivity contribution in [2.24, 2.45) is 0 Å². The van der Waals surface area contributed by atoms with E-state index in [2.05, 4.69) is 5.32 Å². The van der Waals surface area contributed by atoms with Crippen molar-refractivity contribution in [3.63, 3.8) is 0 Å². The fourth-order valence-electron chi connectivity index (χ4n) is 2.53. The van der Waals surface area contributed by atoms with Crippen LogP contribution in [0.5, 0.6) is 5.75 Å². The lowest BCUT2D eigenvalue weighted by atomic mass is 9.99. The van der Waals surface area contributed by atoms with Crippen molar-refractivity contribution < 1.29 is 34.8 Å². The summed E-state index contributed by atoms with van der Waals surface area (Å²) in [5.41, 5.74) is 1.51. The topological polar surface area (TPSA) is 136 Å². The molecule has 0 bridgehead atoms. The number of benzene rings is 2. The van der Waals surface area contributed by atoms with Crippen molar-refractivity contribution in [2.75, 3.05) is 0 Å². The number of alkyl carbamates (subject to hydrolysis) is 1. The van der Waals surface area contributed by atoms with E-state index in [1.54, 1.807) is 24.3 Å². The highest BCUT2D eigenvalue weighted by Crippen LogP contribution is 2.25. The number of aliphatic carboxylic acids is 1. The van der Waals surface area contributed by atoms with E-state index in [9.17, 15) is 30.0 Å². The fraction of sp³-hybridized carbons (Fsp3) is 0.263. The Labute approximate surface area is 155 Å². The second kappa shape index (κ2) is 9.56. The zero-order valence-corrected chi connectivity index (χ0v) is 14.5. The molecule has 0 unspecified atom stereocenters. The smallest absolute Gasteiger partial charge is 0.408 e. The van der Waals surface area contributed by atoms with E-state index >= 15 is 0 Å². The molecule has 144 valence electrons. The van der Waals surface area contributed by atoms with Crippen LogP contribution in [0.25, 0.3) is 0 Å². The zero-order valence-electron chi connectivity index (χ0n) is 14.5. The average molecular weight is 375 g/mol. The number of nitrogens with one attached hydrogen (secondary N) is 1. The summed E-state index contributed by atoms with van der Waals surface area (Å²) in [5, 5.41) is 40.1. The van der Waals surface area contributed by atoms with Gasteiger partial charge < -0.3 is 30.5 Å². The maximum absolute atomic E-state index is 11.9. The summed E-state index contributed by atoms with van der Waals surface area (Å²) in [5.74, 6) is -1.51. The molecule has 8 heteroatoms. The number of aromatic hydroxyl groups is 1. The van der Waals surface area contributed by atoms with Gasteiger partial charge in [-0.1, -0.05) is 30.3 Å². The summed E-state index contributed by atoms with van der Waals surface area (Å²) in [6.45, 7) is -0.949.